The minimum Gasteiger partial charge on any atom is -0.481 e. The third-order valence-electron chi connectivity index (χ3n) is 1.73. The van der Waals surface area contributed by atoms with Crippen LogP contribution >= 0.6 is 0 Å². The van der Waals surface area contributed by atoms with Gasteiger partial charge in [-0.05, 0) is 0 Å². The summed E-state index contributed by atoms with van der Waals surface area (Å²) in [6.45, 7) is 0. The molecule has 0 spiro atoms. The van der Waals surface area contributed by atoms with Crippen molar-refractivity contribution in [2.75, 3.05) is 0 Å². The maximum atomic E-state index is 11.3. The second-order valence-corrected chi connectivity index (χ2v) is 2.79. The molecule has 1 aliphatic rings. The van der Waals surface area contributed by atoms with E-state index in [9.17, 15) is 9.59 Å². The van der Waals surface area contributed by atoms with E-state index in [0.717, 1.165) is 4.68 Å². The SMILES string of the molecule is O=C(O)CC1=Nc2ncnn2C(=O)C1. The Morgan fingerprint density at radius 1 is 1.64 bits per heavy atom. The van der Waals surface area contributed by atoms with Gasteiger partial charge in [-0.1, -0.05) is 0 Å². The van der Waals surface area contributed by atoms with E-state index >= 15 is 0 Å². The maximum absolute atomic E-state index is 11.3. The van der Waals surface area contributed by atoms with Gasteiger partial charge in [0.1, 0.15) is 6.33 Å². The molecule has 0 atom stereocenters. The van der Waals surface area contributed by atoms with Gasteiger partial charge in [-0.25, -0.2) is 4.99 Å². The van der Waals surface area contributed by atoms with Crippen LogP contribution in [0.1, 0.15) is 17.6 Å². The molecule has 1 aliphatic heterocycles. The summed E-state index contributed by atoms with van der Waals surface area (Å²) in [4.78, 5) is 29.3. The molecule has 0 aromatic carbocycles. The average molecular weight is 194 g/mol. The molecule has 1 aromatic heterocycles. The fraction of sp³-hybridized carbons (Fsp3) is 0.286. The first kappa shape index (κ1) is 8.54. The molecule has 0 unspecified atom stereocenters. The van der Waals surface area contributed by atoms with Gasteiger partial charge < -0.3 is 5.11 Å². The molecular formula is C7H6N4O3. The monoisotopic (exact) mass is 194 g/mol. The summed E-state index contributed by atoms with van der Waals surface area (Å²) in [6, 6.07) is 0. The lowest BCUT2D eigenvalue weighted by Gasteiger charge is -2.09. The van der Waals surface area contributed by atoms with Crippen LogP contribution < -0.4 is 0 Å². The van der Waals surface area contributed by atoms with Gasteiger partial charge in [-0.15, -0.1) is 0 Å². The van der Waals surface area contributed by atoms with Crippen LogP contribution in [0.5, 0.6) is 0 Å². The van der Waals surface area contributed by atoms with Crippen molar-refractivity contribution in [3.63, 3.8) is 0 Å². The van der Waals surface area contributed by atoms with Crippen LogP contribution in [0.4, 0.5) is 5.95 Å². The van der Waals surface area contributed by atoms with Crippen LogP contribution in [-0.4, -0.2) is 37.5 Å². The number of carboxylic acids is 1. The topological polar surface area (TPSA) is 97.4 Å². The molecule has 2 heterocycles. The number of aliphatic carboxylic acids is 1. The van der Waals surface area contributed by atoms with Crippen LogP contribution in [0, 0.1) is 0 Å². The second kappa shape index (κ2) is 3.02. The van der Waals surface area contributed by atoms with Gasteiger partial charge in [0.25, 0.3) is 11.9 Å². The number of fused-ring (bicyclic) bond motifs is 1. The number of rotatable bonds is 2. The van der Waals surface area contributed by atoms with Gasteiger partial charge in [0.15, 0.2) is 0 Å². The number of carbonyl (C=O) groups is 2. The summed E-state index contributed by atoms with van der Waals surface area (Å²) in [5.41, 5.74) is 0.308. The highest BCUT2D eigenvalue weighted by atomic mass is 16.4. The first-order chi connectivity index (χ1) is 6.66. The summed E-state index contributed by atoms with van der Waals surface area (Å²) in [5, 5.41) is 12.2. The molecule has 0 amide bonds. The van der Waals surface area contributed by atoms with E-state index in [1.54, 1.807) is 0 Å². The van der Waals surface area contributed by atoms with Crippen molar-refractivity contribution in [3.05, 3.63) is 6.33 Å². The van der Waals surface area contributed by atoms with Crippen molar-refractivity contribution in [1.29, 1.82) is 0 Å². The molecule has 0 fully saturated rings. The van der Waals surface area contributed by atoms with Crippen molar-refractivity contribution >= 4 is 23.5 Å². The summed E-state index contributed by atoms with van der Waals surface area (Å²) in [7, 11) is 0. The zero-order chi connectivity index (χ0) is 10.1. The molecule has 1 aromatic rings. The fourth-order valence-electron chi connectivity index (χ4n) is 1.19. The molecule has 0 bridgehead atoms. The number of carboxylic acid groups (broad SMARTS) is 1. The first-order valence-corrected chi connectivity index (χ1v) is 3.88. The number of aliphatic imine (C=N–C) groups is 1. The third kappa shape index (κ3) is 1.39. The Kier molecular flexibility index (Phi) is 1.84. The van der Waals surface area contributed by atoms with Crippen LogP contribution in [-0.2, 0) is 4.79 Å². The first-order valence-electron chi connectivity index (χ1n) is 3.88. The number of hydrogen-bond acceptors (Lipinski definition) is 5. The number of nitrogens with zero attached hydrogens (tertiary/aromatic N) is 4. The molecule has 72 valence electrons. The lowest BCUT2D eigenvalue weighted by Crippen LogP contribution is -2.22. The molecule has 2 rings (SSSR count). The van der Waals surface area contributed by atoms with Crippen LogP contribution in [0.25, 0.3) is 0 Å². The highest BCUT2D eigenvalue weighted by Crippen LogP contribution is 2.15. The van der Waals surface area contributed by atoms with E-state index < -0.39 is 5.97 Å². The largest absolute Gasteiger partial charge is 0.481 e. The van der Waals surface area contributed by atoms with Crippen molar-refractivity contribution < 1.29 is 14.7 Å². The zero-order valence-electron chi connectivity index (χ0n) is 7.04. The zero-order valence-corrected chi connectivity index (χ0v) is 7.04. The molecule has 0 aliphatic carbocycles. The highest BCUT2D eigenvalue weighted by molar-refractivity contribution is 6.10. The summed E-state index contributed by atoms with van der Waals surface area (Å²) in [5.74, 6) is -1.16. The third-order valence-corrected chi connectivity index (χ3v) is 1.73. The predicted molar refractivity (Wildman–Crippen MR) is 44.6 cm³/mol. The molecule has 0 radical (unpaired) electrons. The summed E-state index contributed by atoms with van der Waals surface area (Å²) < 4.78 is 1.06. The Hall–Kier alpha value is -2.05. The van der Waals surface area contributed by atoms with Gasteiger partial charge in [-0.2, -0.15) is 14.8 Å². The smallest absolute Gasteiger partial charge is 0.309 e. The van der Waals surface area contributed by atoms with Gasteiger partial charge in [0, 0.05) is 5.71 Å². The van der Waals surface area contributed by atoms with Crippen LogP contribution in [0.15, 0.2) is 11.3 Å². The normalized spacial score (nSPS) is 14.9. The Balaban J connectivity index is 2.33. The van der Waals surface area contributed by atoms with Crippen LogP contribution in [0.2, 0.25) is 0 Å². The Morgan fingerprint density at radius 2 is 2.43 bits per heavy atom. The maximum Gasteiger partial charge on any atom is 0.309 e. The number of carbonyl (C=O) groups excluding carboxylic acids is 1. The van der Waals surface area contributed by atoms with E-state index in [1.165, 1.54) is 6.33 Å². The van der Waals surface area contributed by atoms with E-state index in [-0.39, 0.29) is 24.7 Å². The van der Waals surface area contributed by atoms with Gasteiger partial charge in [-0.3, -0.25) is 9.59 Å². The number of hydrogen-bond donors (Lipinski definition) is 1. The van der Waals surface area contributed by atoms with E-state index in [4.69, 9.17) is 5.11 Å². The van der Waals surface area contributed by atoms with Crippen LogP contribution in [0.3, 0.4) is 0 Å². The van der Waals surface area contributed by atoms with Crippen molar-refractivity contribution in [1.82, 2.24) is 14.8 Å². The number of aromatic nitrogens is 3. The quantitative estimate of drug-likeness (QED) is 0.707. The predicted octanol–water partition coefficient (Wildman–Crippen LogP) is -0.131. The van der Waals surface area contributed by atoms with E-state index in [2.05, 4.69) is 15.1 Å². The average Bonchev–Trinajstić information content (AvgIpc) is 2.50. The minimum absolute atomic E-state index is 0.0113. The summed E-state index contributed by atoms with van der Waals surface area (Å²) in [6.07, 6.45) is 0.960. The van der Waals surface area contributed by atoms with Gasteiger partial charge in [0.05, 0.1) is 12.8 Å². The molecule has 1 N–H and O–H groups in total. The van der Waals surface area contributed by atoms with Crippen molar-refractivity contribution in [3.8, 4) is 0 Å². The van der Waals surface area contributed by atoms with Gasteiger partial charge >= 0.3 is 5.97 Å². The lowest BCUT2D eigenvalue weighted by atomic mass is 10.2. The lowest BCUT2D eigenvalue weighted by molar-refractivity contribution is -0.135. The molecule has 14 heavy (non-hydrogen) atoms. The molecule has 7 heteroatoms. The van der Waals surface area contributed by atoms with Crippen molar-refractivity contribution in [2.24, 2.45) is 4.99 Å². The van der Waals surface area contributed by atoms with E-state index in [1.807, 2.05) is 0 Å². The Bertz CT molecular complexity index is 434. The Morgan fingerprint density at radius 3 is 3.14 bits per heavy atom. The molecule has 0 saturated heterocycles. The molecule has 7 nitrogen and oxygen atoms in total. The van der Waals surface area contributed by atoms with E-state index in [0.29, 0.717) is 5.71 Å². The second-order valence-electron chi connectivity index (χ2n) is 2.79. The molecular weight excluding hydrogens is 188 g/mol. The fourth-order valence-corrected chi connectivity index (χ4v) is 1.19. The Labute approximate surface area is 78.1 Å². The summed E-state index contributed by atoms with van der Waals surface area (Å²) >= 11 is 0. The van der Waals surface area contributed by atoms with Gasteiger partial charge in [0.2, 0.25) is 0 Å². The standard InChI is InChI=1S/C7H6N4O3/c12-5-1-4(2-6(13)14)10-7-8-3-9-11(5)7/h3H,1-2H2,(H,13,14). The highest BCUT2D eigenvalue weighted by Gasteiger charge is 2.22. The molecule has 0 saturated carbocycles. The van der Waals surface area contributed by atoms with Crippen molar-refractivity contribution in [2.45, 2.75) is 12.8 Å². The minimum atomic E-state index is -1.01.